The van der Waals surface area contributed by atoms with Gasteiger partial charge in [-0.25, -0.2) is 13.6 Å². The molecule has 7 heteroatoms. The number of carboxylic acid groups (broad SMARTS) is 1. The van der Waals surface area contributed by atoms with Crippen molar-refractivity contribution in [1.82, 2.24) is 9.55 Å². The summed E-state index contributed by atoms with van der Waals surface area (Å²) in [5.74, 6) is -3.39. The van der Waals surface area contributed by atoms with Crippen LogP contribution in [0.5, 0.6) is 0 Å². The van der Waals surface area contributed by atoms with E-state index < -0.39 is 23.3 Å². The first-order chi connectivity index (χ1) is 9.82. The van der Waals surface area contributed by atoms with E-state index in [2.05, 4.69) is 4.98 Å². The van der Waals surface area contributed by atoms with Crippen LogP contribution in [-0.4, -0.2) is 20.6 Å². The van der Waals surface area contributed by atoms with Gasteiger partial charge in [0.25, 0.3) is 0 Å². The van der Waals surface area contributed by atoms with Crippen LogP contribution in [0.15, 0.2) is 23.0 Å². The largest absolute Gasteiger partial charge is 0.481 e. The molecular formula is C14H12F2N2O3. The van der Waals surface area contributed by atoms with Gasteiger partial charge in [0.15, 0.2) is 11.6 Å². The summed E-state index contributed by atoms with van der Waals surface area (Å²) < 4.78 is 28.1. The van der Waals surface area contributed by atoms with E-state index in [9.17, 15) is 18.4 Å². The lowest BCUT2D eigenvalue weighted by Crippen LogP contribution is -2.28. The molecule has 1 heterocycles. The van der Waals surface area contributed by atoms with Gasteiger partial charge in [-0.1, -0.05) is 6.07 Å². The fraction of sp³-hybridized carbons (Fsp3) is 0.214. The Morgan fingerprint density at radius 1 is 1.33 bits per heavy atom. The Morgan fingerprint density at radius 3 is 2.62 bits per heavy atom. The van der Waals surface area contributed by atoms with Gasteiger partial charge in [0, 0.05) is 17.0 Å². The molecule has 0 aliphatic heterocycles. The minimum Gasteiger partial charge on any atom is -0.481 e. The molecule has 0 unspecified atom stereocenters. The fourth-order valence-corrected chi connectivity index (χ4v) is 2.16. The van der Waals surface area contributed by atoms with Gasteiger partial charge in [-0.05, 0) is 26.0 Å². The second-order valence-electron chi connectivity index (χ2n) is 4.52. The van der Waals surface area contributed by atoms with Crippen molar-refractivity contribution < 1.29 is 18.7 Å². The predicted molar refractivity (Wildman–Crippen MR) is 70.6 cm³/mol. The second kappa shape index (κ2) is 5.43. The van der Waals surface area contributed by atoms with Crippen molar-refractivity contribution in [2.45, 2.75) is 20.3 Å². The molecule has 0 atom stereocenters. The minimum absolute atomic E-state index is 0.222. The molecule has 0 aliphatic rings. The first-order valence-electron chi connectivity index (χ1n) is 6.08. The molecule has 0 saturated carbocycles. The molecule has 0 aliphatic carbocycles. The number of rotatable bonds is 3. The lowest BCUT2D eigenvalue weighted by Gasteiger charge is -2.15. The van der Waals surface area contributed by atoms with E-state index in [1.54, 1.807) is 0 Å². The third-order valence-electron chi connectivity index (χ3n) is 3.16. The Hall–Kier alpha value is -2.57. The van der Waals surface area contributed by atoms with Gasteiger partial charge < -0.3 is 5.11 Å². The van der Waals surface area contributed by atoms with E-state index >= 15 is 0 Å². The van der Waals surface area contributed by atoms with Crippen molar-refractivity contribution in [2.75, 3.05) is 0 Å². The number of aryl methyl sites for hydroxylation is 1. The molecule has 2 rings (SSSR count). The number of halogens is 2. The van der Waals surface area contributed by atoms with Crippen molar-refractivity contribution in [1.29, 1.82) is 0 Å². The molecule has 0 bridgehead atoms. The maximum atomic E-state index is 13.9. The molecule has 0 fully saturated rings. The van der Waals surface area contributed by atoms with Gasteiger partial charge in [0.05, 0.1) is 12.1 Å². The molecule has 0 amide bonds. The van der Waals surface area contributed by atoms with Gasteiger partial charge >= 0.3 is 11.7 Å². The summed E-state index contributed by atoms with van der Waals surface area (Å²) in [6.07, 6.45) is -0.359. The third-order valence-corrected chi connectivity index (χ3v) is 3.16. The quantitative estimate of drug-likeness (QED) is 0.936. The number of carboxylic acids is 1. The maximum Gasteiger partial charge on any atom is 0.352 e. The molecule has 1 aromatic heterocycles. The predicted octanol–water partition coefficient (Wildman–Crippen LogP) is 1.75. The monoisotopic (exact) mass is 294 g/mol. The van der Waals surface area contributed by atoms with Crippen LogP contribution < -0.4 is 5.69 Å². The first-order valence-corrected chi connectivity index (χ1v) is 6.08. The molecular weight excluding hydrogens is 282 g/mol. The van der Waals surface area contributed by atoms with Crippen molar-refractivity contribution in [2.24, 2.45) is 0 Å². The molecule has 2 aromatic rings. The van der Waals surface area contributed by atoms with Crippen molar-refractivity contribution in [3.8, 4) is 5.69 Å². The summed E-state index contributed by atoms with van der Waals surface area (Å²) in [5, 5.41) is 8.90. The minimum atomic E-state index is -1.19. The molecule has 21 heavy (non-hydrogen) atoms. The van der Waals surface area contributed by atoms with Crippen LogP contribution in [-0.2, 0) is 11.2 Å². The van der Waals surface area contributed by atoms with E-state index in [4.69, 9.17) is 5.11 Å². The van der Waals surface area contributed by atoms with Crippen LogP contribution in [0.1, 0.15) is 17.0 Å². The third kappa shape index (κ3) is 2.67. The first kappa shape index (κ1) is 14.8. The van der Waals surface area contributed by atoms with Gasteiger partial charge in [0.2, 0.25) is 0 Å². The average Bonchev–Trinajstić information content (AvgIpc) is 2.39. The number of aliphatic carboxylic acids is 1. The molecule has 5 nitrogen and oxygen atoms in total. The smallest absolute Gasteiger partial charge is 0.352 e. The van der Waals surface area contributed by atoms with Crippen LogP contribution in [0.25, 0.3) is 5.69 Å². The number of benzene rings is 1. The van der Waals surface area contributed by atoms with Gasteiger partial charge in [0.1, 0.15) is 0 Å². The fourth-order valence-electron chi connectivity index (χ4n) is 2.16. The van der Waals surface area contributed by atoms with Crippen LogP contribution in [0, 0.1) is 25.5 Å². The number of aromatic nitrogens is 2. The molecule has 0 spiro atoms. The van der Waals surface area contributed by atoms with E-state index in [-0.39, 0.29) is 23.5 Å². The average molecular weight is 294 g/mol. The topological polar surface area (TPSA) is 72.2 Å². The lowest BCUT2D eigenvalue weighted by atomic mass is 10.1. The summed E-state index contributed by atoms with van der Waals surface area (Å²) >= 11 is 0. The molecule has 1 aromatic carbocycles. The zero-order chi connectivity index (χ0) is 15.7. The van der Waals surface area contributed by atoms with Gasteiger partial charge in [-0.2, -0.15) is 4.98 Å². The van der Waals surface area contributed by atoms with Gasteiger partial charge in [-0.3, -0.25) is 9.36 Å². The van der Waals surface area contributed by atoms with E-state index in [1.165, 1.54) is 26.0 Å². The van der Waals surface area contributed by atoms with E-state index in [0.29, 0.717) is 5.56 Å². The van der Waals surface area contributed by atoms with Crippen molar-refractivity contribution >= 4 is 5.97 Å². The number of nitrogens with zero attached hydrogens (tertiary/aromatic N) is 2. The lowest BCUT2D eigenvalue weighted by molar-refractivity contribution is -0.136. The van der Waals surface area contributed by atoms with Crippen LogP contribution in [0.2, 0.25) is 0 Å². The van der Waals surface area contributed by atoms with Gasteiger partial charge in [-0.15, -0.1) is 0 Å². The highest BCUT2D eigenvalue weighted by molar-refractivity contribution is 5.71. The van der Waals surface area contributed by atoms with Crippen LogP contribution >= 0.6 is 0 Å². The highest BCUT2D eigenvalue weighted by atomic mass is 19.2. The maximum absolute atomic E-state index is 13.9. The second-order valence-corrected chi connectivity index (χ2v) is 4.52. The summed E-state index contributed by atoms with van der Waals surface area (Å²) in [5.41, 5.74) is -0.307. The molecule has 0 saturated heterocycles. The highest BCUT2D eigenvalue weighted by Crippen LogP contribution is 2.19. The Morgan fingerprint density at radius 2 is 2.00 bits per heavy atom. The van der Waals surface area contributed by atoms with E-state index in [1.807, 2.05) is 0 Å². The zero-order valence-electron chi connectivity index (χ0n) is 11.4. The van der Waals surface area contributed by atoms with Crippen molar-refractivity contribution in [3.05, 3.63) is 57.3 Å². The molecule has 0 radical (unpaired) electrons. The molecule has 1 N–H and O–H groups in total. The Bertz CT molecular complexity index is 785. The summed E-state index contributed by atoms with van der Waals surface area (Å²) in [7, 11) is 0. The summed E-state index contributed by atoms with van der Waals surface area (Å²) in [6, 6.07) is 3.42. The van der Waals surface area contributed by atoms with Crippen LogP contribution in [0.4, 0.5) is 8.78 Å². The zero-order valence-corrected chi connectivity index (χ0v) is 11.4. The Labute approximate surface area is 118 Å². The SMILES string of the molecule is Cc1nc(=O)n(-c2cccc(F)c2F)c(C)c1CC(=O)O. The molecule has 110 valence electrons. The Balaban J connectivity index is 2.78. The summed E-state index contributed by atoms with van der Waals surface area (Å²) in [6.45, 7) is 2.97. The van der Waals surface area contributed by atoms with E-state index in [0.717, 1.165) is 10.6 Å². The highest BCUT2D eigenvalue weighted by Gasteiger charge is 2.18. The number of hydrogen-bond donors (Lipinski definition) is 1. The van der Waals surface area contributed by atoms with Crippen molar-refractivity contribution in [3.63, 3.8) is 0 Å². The Kier molecular flexibility index (Phi) is 3.84. The normalized spacial score (nSPS) is 10.7. The number of carbonyl (C=O) groups is 1. The van der Waals surface area contributed by atoms with Crippen LogP contribution in [0.3, 0.4) is 0 Å². The summed E-state index contributed by atoms with van der Waals surface area (Å²) in [4.78, 5) is 26.5. The number of hydrogen-bond acceptors (Lipinski definition) is 3. The standard InChI is InChI=1S/C14H12F2N2O3/c1-7-9(6-12(19)20)8(2)18(14(21)17-7)11-5-3-4-10(15)13(11)16/h3-5H,6H2,1-2H3,(H,19,20).